The summed E-state index contributed by atoms with van der Waals surface area (Å²) in [5.74, 6) is 0.632. The van der Waals surface area contributed by atoms with Crippen LogP contribution < -0.4 is 5.32 Å². The minimum Gasteiger partial charge on any atom is -0.444 e. The van der Waals surface area contributed by atoms with Gasteiger partial charge in [0.2, 0.25) is 0 Å². The summed E-state index contributed by atoms with van der Waals surface area (Å²) in [5.41, 5.74) is 6.97. The van der Waals surface area contributed by atoms with Crippen molar-refractivity contribution >= 4 is 17.8 Å². The lowest BCUT2D eigenvalue weighted by molar-refractivity contribution is 0.00988. The van der Waals surface area contributed by atoms with E-state index in [0.29, 0.717) is 25.6 Å². The zero-order valence-corrected chi connectivity index (χ0v) is 30.7. The molecule has 0 aliphatic heterocycles. The van der Waals surface area contributed by atoms with Crippen LogP contribution >= 0.6 is 0 Å². The number of pyridine rings is 1. The van der Waals surface area contributed by atoms with Gasteiger partial charge in [-0.25, -0.2) is 9.59 Å². The number of benzene rings is 3. The van der Waals surface area contributed by atoms with Crippen molar-refractivity contribution in [3.05, 3.63) is 120 Å². The van der Waals surface area contributed by atoms with Crippen LogP contribution in [-0.4, -0.2) is 38.6 Å². The second-order valence-corrected chi connectivity index (χ2v) is 15.4. The van der Waals surface area contributed by atoms with Gasteiger partial charge in [0, 0.05) is 43.8 Å². The van der Waals surface area contributed by atoms with Gasteiger partial charge in [-0.2, -0.15) is 0 Å². The third kappa shape index (κ3) is 10.4. The van der Waals surface area contributed by atoms with Crippen LogP contribution in [0.2, 0.25) is 0 Å². The Balaban J connectivity index is 1.11. The third-order valence-electron chi connectivity index (χ3n) is 10.2. The van der Waals surface area contributed by atoms with Crippen LogP contribution in [0, 0.1) is 0 Å². The normalized spacial score (nSPS) is 15.6. The Hall–Kier alpha value is -4.65. The number of nitrogens with one attached hydrogen (secondary N) is 1. The highest BCUT2D eigenvalue weighted by atomic mass is 16.6. The molecule has 7 nitrogen and oxygen atoms in total. The van der Waals surface area contributed by atoms with Crippen LogP contribution in [0.3, 0.4) is 0 Å². The van der Waals surface area contributed by atoms with E-state index in [1.54, 1.807) is 6.20 Å². The van der Waals surface area contributed by atoms with Gasteiger partial charge in [0.05, 0.1) is 0 Å². The van der Waals surface area contributed by atoms with Gasteiger partial charge in [-0.1, -0.05) is 105 Å². The Bertz CT molecular complexity index is 1690. The lowest BCUT2D eigenvalue weighted by Crippen LogP contribution is -2.43. The number of hydrogen-bond acceptors (Lipinski definition) is 4. The minimum absolute atomic E-state index is 0.141. The first-order valence-corrected chi connectivity index (χ1v) is 18.9. The number of carbonyl (C=O) groups excluding carboxylic acids is 2. The Morgan fingerprint density at radius 3 is 1.84 bits per heavy atom. The van der Waals surface area contributed by atoms with Crippen molar-refractivity contribution < 1.29 is 14.3 Å². The number of hydrogen-bond donors (Lipinski definition) is 1. The number of anilines is 1. The summed E-state index contributed by atoms with van der Waals surface area (Å²) in [6, 6.07) is 29.3. The topological polar surface area (TPSA) is 74.8 Å². The van der Waals surface area contributed by atoms with Gasteiger partial charge in [0.15, 0.2) is 0 Å². The Morgan fingerprint density at radius 1 is 0.706 bits per heavy atom. The Kier molecular flexibility index (Phi) is 12.1. The molecule has 2 saturated carbocycles. The largest absolute Gasteiger partial charge is 0.444 e. The fourth-order valence-electron chi connectivity index (χ4n) is 7.47. The number of nitrogens with zero attached hydrogens (tertiary/aromatic N) is 3. The standard InChI is InChI=1S/C44H54N4O3/c1-44(2,3)51-43(50)48(41-14-8-5-9-15-41)32-34-18-22-38(23-19-34)37-20-16-33(17-21-37)30-47(31-35-11-10-28-45-29-35)42(49)46-40-26-24-39(25-27-40)36-12-6-4-7-13-36/h10-11,16-29,36,41H,4-9,12-15,30-32H2,1-3H3,(H,46,49). The summed E-state index contributed by atoms with van der Waals surface area (Å²) in [6.45, 7) is 7.22. The second-order valence-electron chi connectivity index (χ2n) is 15.4. The lowest BCUT2D eigenvalue weighted by atomic mass is 9.84. The summed E-state index contributed by atoms with van der Waals surface area (Å²) in [7, 11) is 0. The second kappa shape index (κ2) is 17.0. The Labute approximate surface area is 304 Å². The van der Waals surface area contributed by atoms with Gasteiger partial charge in [0.25, 0.3) is 0 Å². The molecule has 0 bridgehead atoms. The molecule has 0 radical (unpaired) electrons. The quantitative estimate of drug-likeness (QED) is 0.180. The van der Waals surface area contributed by atoms with Gasteiger partial charge in [0.1, 0.15) is 5.60 Å². The molecule has 0 saturated heterocycles. The summed E-state index contributed by atoms with van der Waals surface area (Å²) < 4.78 is 5.81. The van der Waals surface area contributed by atoms with Crippen molar-refractivity contribution in [1.82, 2.24) is 14.8 Å². The van der Waals surface area contributed by atoms with Crippen LogP contribution in [0.25, 0.3) is 11.1 Å². The van der Waals surface area contributed by atoms with Crippen molar-refractivity contribution in [1.29, 1.82) is 0 Å². The fraction of sp³-hybridized carbons (Fsp3) is 0.432. The molecular weight excluding hydrogens is 633 g/mol. The highest BCUT2D eigenvalue weighted by Crippen LogP contribution is 2.33. The zero-order valence-electron chi connectivity index (χ0n) is 30.7. The number of amides is 3. The highest BCUT2D eigenvalue weighted by molar-refractivity contribution is 5.89. The third-order valence-corrected chi connectivity index (χ3v) is 10.2. The van der Waals surface area contributed by atoms with Crippen molar-refractivity contribution in [2.45, 2.75) is 122 Å². The molecule has 3 amide bonds. The zero-order chi connectivity index (χ0) is 35.6. The molecular formula is C44H54N4O3. The highest BCUT2D eigenvalue weighted by Gasteiger charge is 2.29. The SMILES string of the molecule is CC(C)(C)OC(=O)N(Cc1ccc(-c2ccc(CN(Cc3cccnc3)C(=O)Nc3ccc(C4CCCCC4)cc3)cc2)cc1)C1CCCCC1. The molecule has 1 heterocycles. The first kappa shape index (κ1) is 36.2. The predicted octanol–water partition coefficient (Wildman–Crippen LogP) is 11.1. The van der Waals surface area contributed by atoms with E-state index in [1.165, 1.54) is 44.1 Å². The van der Waals surface area contributed by atoms with Crippen LogP contribution in [0.1, 0.15) is 113 Å². The van der Waals surface area contributed by atoms with E-state index in [4.69, 9.17) is 4.74 Å². The molecule has 7 heteroatoms. The molecule has 1 N–H and O–H groups in total. The number of aromatic nitrogens is 1. The summed E-state index contributed by atoms with van der Waals surface area (Å²) in [4.78, 5) is 35.0. The van der Waals surface area contributed by atoms with E-state index in [0.717, 1.165) is 59.2 Å². The summed E-state index contributed by atoms with van der Waals surface area (Å²) in [6.07, 6.45) is 15.4. The molecule has 0 unspecified atom stereocenters. The monoisotopic (exact) mass is 686 g/mol. The maximum absolute atomic E-state index is 13.7. The molecule has 0 spiro atoms. The molecule has 3 aromatic carbocycles. The first-order chi connectivity index (χ1) is 24.7. The van der Waals surface area contributed by atoms with Crippen LogP contribution in [0.4, 0.5) is 15.3 Å². The van der Waals surface area contributed by atoms with Crippen molar-refractivity contribution in [2.75, 3.05) is 5.32 Å². The van der Waals surface area contributed by atoms with Gasteiger partial charge in [-0.3, -0.25) is 4.98 Å². The molecule has 2 aliphatic carbocycles. The molecule has 268 valence electrons. The molecule has 4 aromatic rings. The fourth-order valence-corrected chi connectivity index (χ4v) is 7.47. The van der Waals surface area contributed by atoms with Crippen LogP contribution in [0.5, 0.6) is 0 Å². The lowest BCUT2D eigenvalue weighted by Gasteiger charge is -2.35. The molecule has 2 fully saturated rings. The van der Waals surface area contributed by atoms with E-state index < -0.39 is 5.60 Å². The van der Waals surface area contributed by atoms with Gasteiger partial charge >= 0.3 is 12.1 Å². The van der Waals surface area contributed by atoms with E-state index in [1.807, 2.05) is 61.0 Å². The minimum atomic E-state index is -0.528. The first-order valence-electron chi connectivity index (χ1n) is 18.9. The number of carbonyl (C=O) groups is 2. The van der Waals surface area contributed by atoms with Gasteiger partial charge in [-0.05, 0) is 104 Å². The van der Waals surface area contributed by atoms with Gasteiger partial charge < -0.3 is 19.9 Å². The predicted molar refractivity (Wildman–Crippen MR) is 205 cm³/mol. The maximum Gasteiger partial charge on any atom is 0.410 e. The molecule has 0 atom stereocenters. The van der Waals surface area contributed by atoms with Crippen LogP contribution in [0.15, 0.2) is 97.3 Å². The van der Waals surface area contributed by atoms with E-state index in [-0.39, 0.29) is 18.2 Å². The van der Waals surface area contributed by atoms with Gasteiger partial charge in [-0.15, -0.1) is 0 Å². The summed E-state index contributed by atoms with van der Waals surface area (Å²) in [5, 5.41) is 3.14. The van der Waals surface area contributed by atoms with E-state index in [9.17, 15) is 9.59 Å². The smallest absolute Gasteiger partial charge is 0.410 e. The summed E-state index contributed by atoms with van der Waals surface area (Å²) >= 11 is 0. The molecule has 51 heavy (non-hydrogen) atoms. The average molecular weight is 687 g/mol. The maximum atomic E-state index is 13.7. The number of rotatable bonds is 10. The Morgan fingerprint density at radius 2 is 1.27 bits per heavy atom. The number of urea groups is 1. The van der Waals surface area contributed by atoms with E-state index in [2.05, 4.69) is 71.0 Å². The van der Waals surface area contributed by atoms with Crippen molar-refractivity contribution in [2.24, 2.45) is 0 Å². The van der Waals surface area contributed by atoms with Crippen LogP contribution in [-0.2, 0) is 24.4 Å². The molecule has 1 aromatic heterocycles. The number of ether oxygens (including phenoxy) is 1. The average Bonchev–Trinajstić information content (AvgIpc) is 3.15. The van der Waals surface area contributed by atoms with Crippen molar-refractivity contribution in [3.63, 3.8) is 0 Å². The van der Waals surface area contributed by atoms with E-state index >= 15 is 0 Å². The van der Waals surface area contributed by atoms with Crippen molar-refractivity contribution in [3.8, 4) is 11.1 Å². The molecule has 2 aliphatic rings. The molecule has 6 rings (SSSR count).